The maximum Gasteiger partial charge on any atom is 0.228 e. The van der Waals surface area contributed by atoms with Crippen LogP contribution >= 0.6 is 11.3 Å². The summed E-state index contributed by atoms with van der Waals surface area (Å²) in [7, 11) is 1.78. The summed E-state index contributed by atoms with van der Waals surface area (Å²) in [6.07, 6.45) is 3.72. The van der Waals surface area contributed by atoms with Crippen molar-refractivity contribution in [3.05, 3.63) is 41.2 Å². The Morgan fingerprint density at radius 3 is 2.78 bits per heavy atom. The van der Waals surface area contributed by atoms with Crippen LogP contribution in [0.15, 0.2) is 29.9 Å². The molecule has 18 heavy (non-hydrogen) atoms. The van der Waals surface area contributed by atoms with Crippen LogP contribution in [0.25, 0.3) is 0 Å². The van der Waals surface area contributed by atoms with Crippen LogP contribution in [0.1, 0.15) is 11.3 Å². The van der Waals surface area contributed by atoms with Gasteiger partial charge in [0, 0.05) is 31.4 Å². The zero-order valence-corrected chi connectivity index (χ0v) is 10.9. The van der Waals surface area contributed by atoms with E-state index in [9.17, 15) is 4.79 Å². The zero-order valence-electron chi connectivity index (χ0n) is 10.0. The molecule has 5 nitrogen and oxygen atoms in total. The normalized spacial score (nSPS) is 10.3. The molecule has 0 aromatic carbocycles. The molecule has 0 aliphatic heterocycles. The fourth-order valence-corrected chi connectivity index (χ4v) is 2.11. The monoisotopic (exact) mass is 262 g/mol. The van der Waals surface area contributed by atoms with E-state index in [-0.39, 0.29) is 12.3 Å². The molecule has 1 amide bonds. The summed E-state index contributed by atoms with van der Waals surface area (Å²) in [4.78, 5) is 21.7. The van der Waals surface area contributed by atoms with E-state index in [1.165, 1.54) is 11.3 Å². The molecule has 0 saturated carbocycles. The van der Waals surface area contributed by atoms with Crippen LogP contribution in [0.4, 0.5) is 5.13 Å². The van der Waals surface area contributed by atoms with Crippen LogP contribution in [-0.2, 0) is 17.8 Å². The van der Waals surface area contributed by atoms with Crippen molar-refractivity contribution in [1.82, 2.24) is 14.9 Å². The Balaban J connectivity index is 1.93. The van der Waals surface area contributed by atoms with Crippen molar-refractivity contribution in [2.24, 2.45) is 0 Å². The van der Waals surface area contributed by atoms with Gasteiger partial charge in [-0.1, -0.05) is 0 Å². The Morgan fingerprint density at radius 2 is 2.17 bits per heavy atom. The van der Waals surface area contributed by atoms with Gasteiger partial charge in [-0.3, -0.25) is 9.78 Å². The summed E-state index contributed by atoms with van der Waals surface area (Å²) in [5.41, 5.74) is 7.31. The van der Waals surface area contributed by atoms with Gasteiger partial charge >= 0.3 is 0 Å². The number of thiazole rings is 1. The first kappa shape index (κ1) is 12.5. The molecule has 0 unspecified atom stereocenters. The summed E-state index contributed by atoms with van der Waals surface area (Å²) >= 11 is 1.35. The van der Waals surface area contributed by atoms with Crippen molar-refractivity contribution in [2.45, 2.75) is 13.0 Å². The van der Waals surface area contributed by atoms with Crippen LogP contribution in [-0.4, -0.2) is 27.8 Å². The second-order valence-electron chi connectivity index (χ2n) is 3.96. The number of pyridine rings is 1. The van der Waals surface area contributed by atoms with E-state index in [4.69, 9.17) is 5.73 Å². The molecular weight excluding hydrogens is 248 g/mol. The van der Waals surface area contributed by atoms with Gasteiger partial charge in [-0.2, -0.15) is 0 Å². The number of aromatic nitrogens is 2. The molecule has 2 N–H and O–H groups in total. The molecule has 0 atom stereocenters. The lowest BCUT2D eigenvalue weighted by Crippen LogP contribution is -2.27. The smallest absolute Gasteiger partial charge is 0.228 e. The third-order valence-corrected chi connectivity index (χ3v) is 3.22. The number of rotatable bonds is 4. The number of carbonyl (C=O) groups excluding carboxylic acids is 1. The van der Waals surface area contributed by atoms with E-state index in [2.05, 4.69) is 9.97 Å². The van der Waals surface area contributed by atoms with Crippen LogP contribution in [0, 0.1) is 0 Å². The van der Waals surface area contributed by atoms with Gasteiger partial charge < -0.3 is 10.6 Å². The first-order valence-corrected chi connectivity index (χ1v) is 6.36. The molecule has 0 saturated heterocycles. The van der Waals surface area contributed by atoms with Gasteiger partial charge in [-0.15, -0.1) is 11.3 Å². The minimum Gasteiger partial charge on any atom is -0.375 e. The summed E-state index contributed by atoms with van der Waals surface area (Å²) in [6.45, 7) is 0.570. The topological polar surface area (TPSA) is 72.1 Å². The Kier molecular flexibility index (Phi) is 3.88. The fraction of sp³-hybridized carbons (Fsp3) is 0.250. The molecule has 2 aromatic rings. The summed E-state index contributed by atoms with van der Waals surface area (Å²) in [5.74, 6) is 0.0251. The fourth-order valence-electron chi connectivity index (χ4n) is 1.54. The van der Waals surface area contributed by atoms with Crippen LogP contribution in [0.2, 0.25) is 0 Å². The first-order valence-electron chi connectivity index (χ1n) is 5.48. The minimum atomic E-state index is 0.0251. The molecule has 2 heterocycles. The first-order chi connectivity index (χ1) is 8.65. The molecule has 0 radical (unpaired) electrons. The lowest BCUT2D eigenvalue weighted by molar-refractivity contribution is -0.129. The van der Waals surface area contributed by atoms with Crippen molar-refractivity contribution in [3.63, 3.8) is 0 Å². The SMILES string of the molecule is CN(Cc1ccncc1)C(=O)Cc1csc(N)n1. The quantitative estimate of drug-likeness (QED) is 0.902. The highest BCUT2D eigenvalue weighted by Crippen LogP contribution is 2.12. The van der Waals surface area contributed by atoms with E-state index in [1.807, 2.05) is 17.5 Å². The highest BCUT2D eigenvalue weighted by molar-refractivity contribution is 7.13. The van der Waals surface area contributed by atoms with Crippen LogP contribution in [0.3, 0.4) is 0 Å². The molecular formula is C12H14N4OS. The minimum absolute atomic E-state index is 0.0251. The summed E-state index contributed by atoms with van der Waals surface area (Å²) in [6, 6.07) is 3.79. The van der Waals surface area contributed by atoms with Crippen LogP contribution < -0.4 is 5.73 Å². The molecule has 0 fully saturated rings. The maximum atomic E-state index is 12.0. The third kappa shape index (κ3) is 3.27. The molecule has 94 valence electrons. The van der Waals surface area contributed by atoms with Crippen molar-refractivity contribution in [1.29, 1.82) is 0 Å². The second-order valence-corrected chi connectivity index (χ2v) is 4.85. The molecule has 6 heteroatoms. The van der Waals surface area contributed by atoms with E-state index in [0.717, 1.165) is 11.3 Å². The standard InChI is InChI=1S/C12H14N4OS/c1-16(7-9-2-4-14-5-3-9)11(17)6-10-8-18-12(13)15-10/h2-5,8H,6-7H2,1H3,(H2,13,15). The molecule has 2 rings (SSSR count). The summed E-state index contributed by atoms with van der Waals surface area (Å²) < 4.78 is 0. The van der Waals surface area contributed by atoms with E-state index in [1.54, 1.807) is 24.3 Å². The van der Waals surface area contributed by atoms with E-state index < -0.39 is 0 Å². The van der Waals surface area contributed by atoms with Gasteiger partial charge in [0.1, 0.15) is 0 Å². The second kappa shape index (κ2) is 5.59. The highest BCUT2D eigenvalue weighted by atomic mass is 32.1. The van der Waals surface area contributed by atoms with Gasteiger partial charge in [-0.25, -0.2) is 4.98 Å². The zero-order chi connectivity index (χ0) is 13.0. The highest BCUT2D eigenvalue weighted by Gasteiger charge is 2.11. The Morgan fingerprint density at radius 1 is 1.44 bits per heavy atom. The maximum absolute atomic E-state index is 12.0. The molecule has 0 aliphatic rings. The molecule has 0 bridgehead atoms. The average Bonchev–Trinajstić information content (AvgIpc) is 2.76. The predicted molar refractivity (Wildman–Crippen MR) is 70.9 cm³/mol. The number of nitrogen functional groups attached to an aromatic ring is 1. The lowest BCUT2D eigenvalue weighted by Gasteiger charge is -2.16. The van der Waals surface area contributed by atoms with Gasteiger partial charge in [0.2, 0.25) is 5.91 Å². The lowest BCUT2D eigenvalue weighted by atomic mass is 10.2. The molecule has 2 aromatic heterocycles. The Hall–Kier alpha value is -1.95. The van der Waals surface area contributed by atoms with Gasteiger partial charge in [-0.05, 0) is 17.7 Å². The number of hydrogen-bond acceptors (Lipinski definition) is 5. The van der Waals surface area contributed by atoms with E-state index >= 15 is 0 Å². The number of likely N-dealkylation sites (N-methyl/N-ethyl adjacent to an activating group) is 1. The number of carbonyl (C=O) groups is 1. The Bertz CT molecular complexity index is 526. The number of nitrogens with zero attached hydrogens (tertiary/aromatic N) is 3. The van der Waals surface area contributed by atoms with Gasteiger partial charge in [0.25, 0.3) is 0 Å². The third-order valence-electron chi connectivity index (χ3n) is 2.50. The average molecular weight is 262 g/mol. The van der Waals surface area contributed by atoms with Crippen molar-refractivity contribution in [3.8, 4) is 0 Å². The van der Waals surface area contributed by atoms with Crippen molar-refractivity contribution < 1.29 is 4.79 Å². The largest absolute Gasteiger partial charge is 0.375 e. The molecule has 0 spiro atoms. The van der Waals surface area contributed by atoms with E-state index in [0.29, 0.717) is 11.7 Å². The van der Waals surface area contributed by atoms with Crippen molar-refractivity contribution >= 4 is 22.4 Å². The number of anilines is 1. The molecule has 0 aliphatic carbocycles. The number of nitrogens with two attached hydrogens (primary N) is 1. The number of hydrogen-bond donors (Lipinski definition) is 1. The van der Waals surface area contributed by atoms with Gasteiger partial charge in [0.15, 0.2) is 5.13 Å². The van der Waals surface area contributed by atoms with Crippen molar-refractivity contribution in [2.75, 3.05) is 12.8 Å². The number of amides is 1. The van der Waals surface area contributed by atoms with Gasteiger partial charge in [0.05, 0.1) is 12.1 Å². The summed E-state index contributed by atoms with van der Waals surface area (Å²) in [5, 5.41) is 2.31. The van der Waals surface area contributed by atoms with Crippen LogP contribution in [0.5, 0.6) is 0 Å². The predicted octanol–water partition coefficient (Wildman–Crippen LogP) is 1.32. The Labute approximate surface area is 109 Å².